The number of hydrogen-bond donors (Lipinski definition) is 1. The molecular weight excluding hydrogens is 326 g/mol. The number of carbonyl (C=O) groups excluding carboxylic acids is 2. The van der Waals surface area contributed by atoms with Gasteiger partial charge in [-0.1, -0.05) is 13.0 Å². The molecule has 0 aromatic carbocycles. The number of thiophene rings is 1. The zero-order valence-electron chi connectivity index (χ0n) is 13.9. The van der Waals surface area contributed by atoms with Crippen LogP contribution in [0.4, 0.5) is 0 Å². The van der Waals surface area contributed by atoms with Crippen LogP contribution in [0.5, 0.6) is 0 Å². The van der Waals surface area contributed by atoms with E-state index in [4.69, 9.17) is 0 Å². The summed E-state index contributed by atoms with van der Waals surface area (Å²) in [7, 11) is 0. The lowest BCUT2D eigenvalue weighted by molar-refractivity contribution is -0.133. The van der Waals surface area contributed by atoms with Crippen LogP contribution in [-0.4, -0.2) is 38.0 Å². The lowest BCUT2D eigenvalue weighted by atomic mass is 10.1. The van der Waals surface area contributed by atoms with Gasteiger partial charge in [-0.05, 0) is 11.4 Å². The normalized spacial score (nSPS) is 15.0. The van der Waals surface area contributed by atoms with Gasteiger partial charge in [0.15, 0.2) is 5.82 Å². The van der Waals surface area contributed by atoms with Crippen molar-refractivity contribution in [3.8, 4) is 0 Å². The molecule has 1 aliphatic rings. The molecule has 3 rings (SSSR count). The summed E-state index contributed by atoms with van der Waals surface area (Å²) < 4.78 is 2.09. The third kappa shape index (κ3) is 3.48. The van der Waals surface area contributed by atoms with Crippen LogP contribution in [0.25, 0.3) is 0 Å². The summed E-state index contributed by atoms with van der Waals surface area (Å²) in [6, 6.07) is 3.59. The first-order valence-corrected chi connectivity index (χ1v) is 8.95. The first kappa shape index (κ1) is 16.6. The minimum absolute atomic E-state index is 0.0226. The monoisotopic (exact) mass is 347 g/mol. The molecule has 1 aliphatic heterocycles. The maximum atomic E-state index is 12.7. The number of carbonyl (C=O) groups is 2. The Bertz CT molecular complexity index is 725. The molecule has 0 fully saturated rings. The van der Waals surface area contributed by atoms with E-state index >= 15 is 0 Å². The molecule has 0 radical (unpaired) electrons. The highest BCUT2D eigenvalue weighted by Crippen LogP contribution is 2.24. The lowest BCUT2D eigenvalue weighted by Crippen LogP contribution is -2.40. The van der Waals surface area contributed by atoms with Crippen molar-refractivity contribution >= 4 is 23.2 Å². The summed E-state index contributed by atoms with van der Waals surface area (Å²) in [5, 5.41) is 13.2. The van der Waals surface area contributed by atoms with E-state index in [9.17, 15) is 9.59 Å². The fourth-order valence-corrected chi connectivity index (χ4v) is 3.73. The number of rotatable bonds is 5. The van der Waals surface area contributed by atoms with Crippen molar-refractivity contribution in [2.75, 3.05) is 6.54 Å². The minimum atomic E-state index is -0.277. The van der Waals surface area contributed by atoms with Crippen LogP contribution >= 0.6 is 11.3 Å². The molecule has 1 N–H and O–H groups in total. The van der Waals surface area contributed by atoms with E-state index in [1.54, 1.807) is 16.2 Å². The standard InChI is InChI=1S/C16H21N5O2S/c1-3-14-18-19-15-10-20(6-7-21(14)15)16(23)9-12(17-11(2)22)13-5-4-8-24-13/h4-5,8,12H,3,6-7,9-10H2,1-2H3,(H,17,22). The highest BCUT2D eigenvalue weighted by Gasteiger charge is 2.27. The average molecular weight is 347 g/mol. The quantitative estimate of drug-likeness (QED) is 0.889. The molecule has 7 nitrogen and oxygen atoms in total. The van der Waals surface area contributed by atoms with Crippen molar-refractivity contribution in [2.45, 2.75) is 45.8 Å². The van der Waals surface area contributed by atoms with Crippen molar-refractivity contribution in [3.63, 3.8) is 0 Å². The van der Waals surface area contributed by atoms with Crippen molar-refractivity contribution in [1.82, 2.24) is 25.0 Å². The third-order valence-corrected chi connectivity index (χ3v) is 5.13. The van der Waals surface area contributed by atoms with Crippen molar-refractivity contribution in [3.05, 3.63) is 34.0 Å². The first-order chi connectivity index (χ1) is 11.6. The number of aryl methyl sites for hydroxylation is 1. The Hall–Kier alpha value is -2.22. The Labute approximate surface area is 144 Å². The van der Waals surface area contributed by atoms with E-state index < -0.39 is 0 Å². The Kier molecular flexibility index (Phi) is 4.94. The highest BCUT2D eigenvalue weighted by molar-refractivity contribution is 7.10. The summed E-state index contributed by atoms with van der Waals surface area (Å²) in [4.78, 5) is 26.9. The number of amides is 2. The summed E-state index contributed by atoms with van der Waals surface area (Å²) in [5.41, 5.74) is 0. The van der Waals surface area contributed by atoms with Crippen LogP contribution in [0, 0.1) is 0 Å². The maximum Gasteiger partial charge on any atom is 0.225 e. The van der Waals surface area contributed by atoms with Crippen LogP contribution in [-0.2, 0) is 29.1 Å². The molecule has 1 atom stereocenters. The Morgan fingerprint density at radius 3 is 2.88 bits per heavy atom. The second kappa shape index (κ2) is 7.12. The van der Waals surface area contributed by atoms with Crippen LogP contribution in [0.15, 0.2) is 17.5 Å². The number of aromatic nitrogens is 3. The van der Waals surface area contributed by atoms with E-state index in [0.717, 1.165) is 29.5 Å². The predicted molar refractivity (Wildman–Crippen MR) is 90.3 cm³/mol. The molecule has 8 heteroatoms. The van der Waals surface area contributed by atoms with Crippen LogP contribution < -0.4 is 5.32 Å². The summed E-state index contributed by atoms with van der Waals surface area (Å²) in [6.45, 7) is 5.37. The summed E-state index contributed by atoms with van der Waals surface area (Å²) in [5.74, 6) is 1.69. The average Bonchev–Trinajstić information content (AvgIpc) is 3.22. The number of hydrogen-bond acceptors (Lipinski definition) is 5. The number of nitrogens with zero attached hydrogens (tertiary/aromatic N) is 4. The molecule has 0 bridgehead atoms. The van der Waals surface area contributed by atoms with Gasteiger partial charge in [-0.2, -0.15) is 0 Å². The van der Waals surface area contributed by atoms with Crippen molar-refractivity contribution in [2.24, 2.45) is 0 Å². The molecular formula is C16H21N5O2S. The zero-order valence-corrected chi connectivity index (χ0v) is 14.7. The van der Waals surface area contributed by atoms with E-state index in [-0.39, 0.29) is 24.3 Å². The second-order valence-electron chi connectivity index (χ2n) is 5.83. The SMILES string of the molecule is CCc1nnc2n1CCN(C(=O)CC(NC(C)=O)c1cccs1)C2. The fourth-order valence-electron chi connectivity index (χ4n) is 2.95. The molecule has 2 amide bonds. The molecule has 128 valence electrons. The third-order valence-electron chi connectivity index (χ3n) is 4.14. The largest absolute Gasteiger partial charge is 0.348 e. The molecule has 0 saturated heterocycles. The molecule has 3 heterocycles. The van der Waals surface area contributed by atoms with Gasteiger partial charge in [0, 0.05) is 31.3 Å². The van der Waals surface area contributed by atoms with Crippen LogP contribution in [0.2, 0.25) is 0 Å². The van der Waals surface area contributed by atoms with E-state index in [0.29, 0.717) is 13.1 Å². The van der Waals surface area contributed by atoms with E-state index in [2.05, 4.69) is 20.1 Å². The Balaban J connectivity index is 1.68. The van der Waals surface area contributed by atoms with E-state index in [1.165, 1.54) is 6.92 Å². The molecule has 2 aromatic rings. The van der Waals surface area contributed by atoms with Gasteiger partial charge >= 0.3 is 0 Å². The smallest absolute Gasteiger partial charge is 0.225 e. The molecule has 0 saturated carbocycles. The highest BCUT2D eigenvalue weighted by atomic mass is 32.1. The van der Waals surface area contributed by atoms with Gasteiger partial charge in [-0.25, -0.2) is 0 Å². The van der Waals surface area contributed by atoms with Gasteiger partial charge in [0.2, 0.25) is 11.8 Å². The molecule has 1 unspecified atom stereocenters. The van der Waals surface area contributed by atoms with Gasteiger partial charge in [0.05, 0.1) is 19.0 Å². The van der Waals surface area contributed by atoms with Gasteiger partial charge in [-0.15, -0.1) is 21.5 Å². The van der Waals surface area contributed by atoms with Crippen molar-refractivity contribution in [1.29, 1.82) is 0 Å². The van der Waals surface area contributed by atoms with Gasteiger partial charge < -0.3 is 14.8 Å². The van der Waals surface area contributed by atoms with Crippen LogP contribution in [0.3, 0.4) is 0 Å². The fraction of sp³-hybridized carbons (Fsp3) is 0.500. The van der Waals surface area contributed by atoms with Gasteiger partial charge in [-0.3, -0.25) is 9.59 Å². The lowest BCUT2D eigenvalue weighted by Gasteiger charge is -2.29. The van der Waals surface area contributed by atoms with Gasteiger partial charge in [0.25, 0.3) is 0 Å². The first-order valence-electron chi connectivity index (χ1n) is 8.07. The second-order valence-corrected chi connectivity index (χ2v) is 6.80. The number of fused-ring (bicyclic) bond motifs is 1. The maximum absolute atomic E-state index is 12.7. The summed E-state index contributed by atoms with van der Waals surface area (Å²) >= 11 is 1.54. The molecule has 0 spiro atoms. The minimum Gasteiger partial charge on any atom is -0.348 e. The predicted octanol–water partition coefficient (Wildman–Crippen LogP) is 1.51. The topological polar surface area (TPSA) is 80.1 Å². The summed E-state index contributed by atoms with van der Waals surface area (Å²) in [6.07, 6.45) is 1.10. The van der Waals surface area contributed by atoms with Crippen LogP contribution in [0.1, 0.15) is 42.8 Å². The molecule has 0 aliphatic carbocycles. The molecule has 24 heavy (non-hydrogen) atoms. The number of nitrogens with one attached hydrogen (secondary N) is 1. The Morgan fingerprint density at radius 2 is 2.21 bits per heavy atom. The zero-order chi connectivity index (χ0) is 17.1. The Morgan fingerprint density at radius 1 is 1.38 bits per heavy atom. The van der Waals surface area contributed by atoms with E-state index in [1.807, 2.05) is 24.4 Å². The van der Waals surface area contributed by atoms with Crippen molar-refractivity contribution < 1.29 is 9.59 Å². The molecule has 2 aromatic heterocycles. The van der Waals surface area contributed by atoms with Gasteiger partial charge in [0.1, 0.15) is 5.82 Å².